The lowest BCUT2D eigenvalue weighted by Gasteiger charge is -2.58. The van der Waals surface area contributed by atoms with E-state index in [2.05, 4.69) is 23.1 Å². The number of hydrogen-bond donors (Lipinski definition) is 0. The van der Waals surface area contributed by atoms with Gasteiger partial charge in [-0.2, -0.15) is 0 Å². The lowest BCUT2D eigenvalue weighted by atomic mass is 9.52. The van der Waals surface area contributed by atoms with Crippen molar-refractivity contribution >= 4 is 5.78 Å². The zero-order valence-electron chi connectivity index (χ0n) is 14.6. The van der Waals surface area contributed by atoms with Crippen LogP contribution in [0.15, 0.2) is 18.2 Å². The summed E-state index contributed by atoms with van der Waals surface area (Å²) in [5.74, 6) is 3.01. The summed E-state index contributed by atoms with van der Waals surface area (Å²) in [6.07, 6.45) is 7.78. The first kappa shape index (κ1) is 14.9. The Bertz CT molecular complexity index is 680. The summed E-state index contributed by atoms with van der Waals surface area (Å²) in [6, 6.07) is 7.25. The molecule has 0 spiro atoms. The Balaban J connectivity index is 1.59. The van der Waals surface area contributed by atoms with Crippen LogP contribution >= 0.6 is 0 Å². The van der Waals surface area contributed by atoms with Crippen molar-refractivity contribution in [2.45, 2.75) is 56.4 Å². The molecule has 1 aromatic carbocycles. The molecule has 5 rings (SSSR count). The summed E-state index contributed by atoms with van der Waals surface area (Å²) in [7, 11) is 1.74. The monoisotopic (exact) mass is 325 g/mol. The molecule has 3 fully saturated rings. The number of carbonyl (C=O) groups excluding carboxylic acids is 1. The molecule has 3 atom stereocenters. The van der Waals surface area contributed by atoms with Crippen LogP contribution in [0.5, 0.6) is 5.75 Å². The number of benzene rings is 1. The number of likely N-dealkylation sites (tertiary alicyclic amines) is 1. The van der Waals surface area contributed by atoms with Crippen LogP contribution in [0.2, 0.25) is 0 Å². The van der Waals surface area contributed by atoms with E-state index in [1.807, 2.05) is 0 Å². The van der Waals surface area contributed by atoms with Gasteiger partial charge in [-0.25, -0.2) is 0 Å². The normalized spacial score (nSPS) is 35.3. The van der Waals surface area contributed by atoms with Crippen molar-refractivity contribution in [3.05, 3.63) is 29.3 Å². The molecule has 0 aromatic heterocycles. The average Bonchev–Trinajstić information content (AvgIpc) is 3.41. The second-order valence-corrected chi connectivity index (χ2v) is 8.50. The van der Waals surface area contributed by atoms with Crippen LogP contribution in [0.4, 0.5) is 0 Å². The number of rotatable bonds is 3. The molecule has 3 aliphatic carbocycles. The van der Waals surface area contributed by atoms with E-state index in [4.69, 9.17) is 4.74 Å². The minimum atomic E-state index is 0.0855. The predicted octanol–water partition coefficient (Wildman–Crippen LogP) is 3.34. The average molecular weight is 325 g/mol. The van der Waals surface area contributed by atoms with Crippen LogP contribution in [0.3, 0.4) is 0 Å². The molecule has 0 N–H and O–H groups in total. The number of ketones is 1. The molecule has 2 bridgehead atoms. The number of fused-ring (bicyclic) bond motifs is 1. The lowest BCUT2D eigenvalue weighted by Crippen LogP contribution is -2.62. The van der Waals surface area contributed by atoms with Gasteiger partial charge in [0.1, 0.15) is 11.5 Å². The van der Waals surface area contributed by atoms with Gasteiger partial charge in [-0.3, -0.25) is 9.69 Å². The fraction of sp³-hybridized carbons (Fsp3) is 0.667. The zero-order chi connectivity index (χ0) is 16.3. The van der Waals surface area contributed by atoms with E-state index < -0.39 is 0 Å². The van der Waals surface area contributed by atoms with E-state index >= 15 is 0 Å². The summed E-state index contributed by atoms with van der Waals surface area (Å²) in [4.78, 5) is 15.2. The fourth-order valence-electron chi connectivity index (χ4n) is 5.87. The fourth-order valence-corrected chi connectivity index (χ4v) is 5.87. The van der Waals surface area contributed by atoms with Gasteiger partial charge in [0.2, 0.25) is 0 Å². The third-order valence-electron chi connectivity index (χ3n) is 7.21. The number of nitrogens with zero attached hydrogens (tertiary/aromatic N) is 1. The number of Topliss-reactive ketones (excluding diaryl/α,β-unsaturated/α-hetero) is 1. The zero-order valence-corrected chi connectivity index (χ0v) is 14.6. The van der Waals surface area contributed by atoms with Gasteiger partial charge in [0, 0.05) is 30.8 Å². The van der Waals surface area contributed by atoms with Gasteiger partial charge in [0.25, 0.3) is 0 Å². The maximum Gasteiger partial charge on any atom is 0.133 e. The summed E-state index contributed by atoms with van der Waals surface area (Å²) < 4.78 is 5.51. The Morgan fingerprint density at radius 2 is 2.17 bits per heavy atom. The highest BCUT2D eigenvalue weighted by Gasteiger charge is 2.55. The van der Waals surface area contributed by atoms with Crippen molar-refractivity contribution in [2.24, 2.45) is 11.8 Å². The first-order chi connectivity index (χ1) is 11.7. The van der Waals surface area contributed by atoms with E-state index in [0.29, 0.717) is 17.7 Å². The molecule has 0 radical (unpaired) electrons. The summed E-state index contributed by atoms with van der Waals surface area (Å²) in [5.41, 5.74) is 2.98. The standard InChI is InChI=1S/C21H27NO2/c1-24-17-6-4-15-10-20-18-7-5-16(23)12-21(18,19(15)11-17)8-9-22(20)13-14-2-3-14/h4,6,11,14,18,20H,2-3,5,7-10,12-13H2,1H3/t18-,20?,21?/m0/s1. The van der Waals surface area contributed by atoms with Crippen LogP contribution in [0.1, 0.15) is 49.7 Å². The van der Waals surface area contributed by atoms with Crippen molar-refractivity contribution < 1.29 is 9.53 Å². The highest BCUT2D eigenvalue weighted by atomic mass is 16.5. The summed E-state index contributed by atoms with van der Waals surface area (Å²) in [5, 5.41) is 0. The van der Waals surface area contributed by atoms with Crippen molar-refractivity contribution in [3.8, 4) is 5.75 Å². The Kier molecular flexibility index (Phi) is 3.31. The van der Waals surface area contributed by atoms with Gasteiger partial charge in [-0.05, 0) is 73.7 Å². The molecule has 3 nitrogen and oxygen atoms in total. The highest BCUT2D eigenvalue weighted by Crippen LogP contribution is 2.55. The SMILES string of the molecule is COc1ccc2c(c1)C13CCN(CC4CC4)C(C2)[C@@H]1CCC(=O)C3. The van der Waals surface area contributed by atoms with Gasteiger partial charge in [0.15, 0.2) is 0 Å². The van der Waals surface area contributed by atoms with Crippen LogP contribution < -0.4 is 4.74 Å². The van der Waals surface area contributed by atoms with E-state index in [9.17, 15) is 4.79 Å². The number of ether oxygens (including phenoxy) is 1. The van der Waals surface area contributed by atoms with E-state index in [1.54, 1.807) is 7.11 Å². The topological polar surface area (TPSA) is 29.5 Å². The highest BCUT2D eigenvalue weighted by molar-refractivity contribution is 5.81. The lowest BCUT2D eigenvalue weighted by molar-refractivity contribution is -0.127. The minimum Gasteiger partial charge on any atom is -0.497 e. The Morgan fingerprint density at radius 3 is 2.96 bits per heavy atom. The maximum atomic E-state index is 12.4. The first-order valence-electron chi connectivity index (χ1n) is 9.63. The molecule has 1 aliphatic heterocycles. The van der Waals surface area contributed by atoms with E-state index in [-0.39, 0.29) is 5.41 Å². The van der Waals surface area contributed by atoms with Gasteiger partial charge in [-0.15, -0.1) is 0 Å². The molecule has 1 aromatic rings. The third kappa shape index (κ3) is 2.17. The number of piperidine rings is 1. The van der Waals surface area contributed by atoms with Crippen LogP contribution in [0.25, 0.3) is 0 Å². The quantitative estimate of drug-likeness (QED) is 0.853. The number of carbonyl (C=O) groups is 1. The molecule has 0 amide bonds. The van der Waals surface area contributed by atoms with Gasteiger partial charge >= 0.3 is 0 Å². The third-order valence-corrected chi connectivity index (χ3v) is 7.21. The second-order valence-electron chi connectivity index (χ2n) is 8.50. The van der Waals surface area contributed by atoms with Crippen LogP contribution in [-0.2, 0) is 16.6 Å². The largest absolute Gasteiger partial charge is 0.497 e. The van der Waals surface area contributed by atoms with Crippen molar-refractivity contribution in [1.82, 2.24) is 4.90 Å². The molecule has 3 heteroatoms. The summed E-state index contributed by atoms with van der Waals surface area (Å²) in [6.45, 7) is 2.46. The first-order valence-corrected chi connectivity index (χ1v) is 9.63. The van der Waals surface area contributed by atoms with Crippen molar-refractivity contribution in [3.63, 3.8) is 0 Å². The van der Waals surface area contributed by atoms with Crippen molar-refractivity contribution in [2.75, 3.05) is 20.2 Å². The van der Waals surface area contributed by atoms with E-state index in [1.165, 1.54) is 37.1 Å². The predicted molar refractivity (Wildman–Crippen MR) is 93.4 cm³/mol. The molecular weight excluding hydrogens is 298 g/mol. The van der Waals surface area contributed by atoms with Gasteiger partial charge in [-0.1, -0.05) is 6.07 Å². The van der Waals surface area contributed by atoms with Gasteiger partial charge < -0.3 is 4.74 Å². The Labute approximate surface area is 144 Å². The molecule has 1 saturated heterocycles. The molecule has 2 saturated carbocycles. The van der Waals surface area contributed by atoms with Gasteiger partial charge in [0.05, 0.1) is 7.11 Å². The summed E-state index contributed by atoms with van der Waals surface area (Å²) >= 11 is 0. The number of methoxy groups -OCH3 is 1. The van der Waals surface area contributed by atoms with Crippen LogP contribution in [0, 0.1) is 11.8 Å². The number of hydrogen-bond acceptors (Lipinski definition) is 3. The van der Waals surface area contributed by atoms with Crippen LogP contribution in [-0.4, -0.2) is 36.9 Å². The smallest absolute Gasteiger partial charge is 0.133 e. The Morgan fingerprint density at radius 1 is 1.29 bits per heavy atom. The maximum absolute atomic E-state index is 12.4. The molecule has 24 heavy (non-hydrogen) atoms. The molecule has 1 heterocycles. The minimum absolute atomic E-state index is 0.0855. The van der Waals surface area contributed by atoms with Crippen molar-refractivity contribution in [1.29, 1.82) is 0 Å². The van der Waals surface area contributed by atoms with E-state index in [0.717, 1.165) is 43.8 Å². The molecule has 4 aliphatic rings. The molecular formula is C21H27NO2. The molecule has 2 unspecified atom stereocenters. The molecule has 128 valence electrons. The second kappa shape index (κ2) is 5.32. The Hall–Kier alpha value is -1.35.